The number of thioether (sulfide) groups is 1. The van der Waals surface area contributed by atoms with Crippen molar-refractivity contribution in [2.45, 2.75) is 5.22 Å². The Bertz CT molecular complexity index is 1190. The van der Waals surface area contributed by atoms with Gasteiger partial charge in [-0.2, -0.15) is 0 Å². The number of anilines is 1. The van der Waals surface area contributed by atoms with Crippen LogP contribution in [0.3, 0.4) is 0 Å². The molecular weight excluding hydrogens is 487 g/mol. The molecule has 1 amide bonds. The fourth-order valence-electron chi connectivity index (χ4n) is 2.41. The number of hydrogen-bond acceptors (Lipinski definition) is 7. The third kappa shape index (κ3) is 5.14. The maximum atomic E-state index is 12.2. The van der Waals surface area contributed by atoms with Crippen molar-refractivity contribution >= 4 is 68.9 Å². The fourth-order valence-corrected chi connectivity index (χ4v) is 4.32. The molecule has 4 rings (SSSR count). The van der Waals surface area contributed by atoms with Crippen LogP contribution in [-0.4, -0.2) is 26.8 Å². The molecule has 0 spiro atoms. The molecule has 0 aliphatic carbocycles. The maximum Gasteiger partial charge on any atom is 0.277 e. The van der Waals surface area contributed by atoms with Gasteiger partial charge >= 0.3 is 0 Å². The summed E-state index contributed by atoms with van der Waals surface area (Å²) in [7, 11) is 0. The average Bonchev–Trinajstić information content (AvgIpc) is 3.37. The Morgan fingerprint density at radius 2 is 1.83 bits per heavy atom. The highest BCUT2D eigenvalue weighted by atomic mass is 35.5. The van der Waals surface area contributed by atoms with Gasteiger partial charge < -0.3 is 9.73 Å². The molecule has 2 heterocycles. The molecular formula is C19H11Cl3N4O2S2. The molecule has 0 unspecified atom stereocenters. The van der Waals surface area contributed by atoms with Crippen LogP contribution in [0.15, 0.2) is 57.5 Å². The Morgan fingerprint density at radius 3 is 2.60 bits per heavy atom. The van der Waals surface area contributed by atoms with E-state index in [4.69, 9.17) is 39.2 Å². The summed E-state index contributed by atoms with van der Waals surface area (Å²) in [6, 6.07) is 12.3. The van der Waals surface area contributed by atoms with E-state index >= 15 is 0 Å². The topological polar surface area (TPSA) is 80.9 Å². The second-order valence-corrected chi connectivity index (χ2v) is 8.94. The van der Waals surface area contributed by atoms with Crippen LogP contribution < -0.4 is 5.32 Å². The third-order valence-electron chi connectivity index (χ3n) is 3.79. The van der Waals surface area contributed by atoms with Crippen molar-refractivity contribution in [3.05, 3.63) is 62.9 Å². The van der Waals surface area contributed by atoms with Crippen LogP contribution in [0.1, 0.15) is 0 Å². The van der Waals surface area contributed by atoms with E-state index in [-0.39, 0.29) is 22.8 Å². The SMILES string of the molecule is O=C(CSc1nnc(-c2ccc(Cl)cc2Cl)o1)Nc1nc(-c2ccc(Cl)cc2)cs1. The van der Waals surface area contributed by atoms with Gasteiger partial charge in [-0.15, -0.1) is 21.5 Å². The molecule has 0 saturated carbocycles. The van der Waals surface area contributed by atoms with Crippen molar-refractivity contribution in [1.82, 2.24) is 15.2 Å². The Hall–Kier alpha value is -2.10. The van der Waals surface area contributed by atoms with E-state index in [1.54, 1.807) is 30.3 Å². The molecule has 2 aromatic heterocycles. The molecule has 30 heavy (non-hydrogen) atoms. The third-order valence-corrected chi connectivity index (χ3v) is 6.16. The summed E-state index contributed by atoms with van der Waals surface area (Å²) in [5, 5.41) is 14.9. The van der Waals surface area contributed by atoms with Crippen LogP contribution in [-0.2, 0) is 4.79 Å². The number of rotatable bonds is 6. The minimum atomic E-state index is -0.235. The quantitative estimate of drug-likeness (QED) is 0.304. The summed E-state index contributed by atoms with van der Waals surface area (Å²) in [5.41, 5.74) is 2.26. The molecule has 2 aromatic carbocycles. The Labute approximate surface area is 194 Å². The molecule has 0 aliphatic rings. The van der Waals surface area contributed by atoms with Crippen LogP contribution in [0.25, 0.3) is 22.7 Å². The predicted molar refractivity (Wildman–Crippen MR) is 122 cm³/mol. The maximum absolute atomic E-state index is 12.2. The number of thiazole rings is 1. The van der Waals surface area contributed by atoms with Crippen molar-refractivity contribution in [1.29, 1.82) is 0 Å². The Kier molecular flexibility index (Phi) is 6.60. The van der Waals surface area contributed by atoms with Crippen LogP contribution in [0.5, 0.6) is 0 Å². The van der Waals surface area contributed by atoms with Gasteiger partial charge in [-0.3, -0.25) is 4.79 Å². The average molecular weight is 498 g/mol. The lowest BCUT2D eigenvalue weighted by molar-refractivity contribution is -0.113. The highest BCUT2D eigenvalue weighted by Crippen LogP contribution is 2.31. The first-order chi connectivity index (χ1) is 14.5. The van der Waals surface area contributed by atoms with Crippen LogP contribution in [0.2, 0.25) is 15.1 Å². The molecule has 11 heteroatoms. The standard InChI is InChI=1S/C19H11Cl3N4O2S2/c20-11-3-1-10(2-4-11)15-8-29-18(23-15)24-16(27)9-30-19-26-25-17(28-19)13-6-5-12(21)7-14(13)22/h1-8H,9H2,(H,23,24,27). The van der Waals surface area contributed by atoms with E-state index in [2.05, 4.69) is 20.5 Å². The molecule has 0 fully saturated rings. The smallest absolute Gasteiger partial charge is 0.277 e. The van der Waals surface area contributed by atoms with Gasteiger partial charge in [0.1, 0.15) is 0 Å². The first-order valence-electron chi connectivity index (χ1n) is 8.41. The van der Waals surface area contributed by atoms with E-state index < -0.39 is 0 Å². The van der Waals surface area contributed by atoms with Gasteiger partial charge in [-0.1, -0.05) is 58.7 Å². The molecule has 1 N–H and O–H groups in total. The molecule has 152 valence electrons. The predicted octanol–water partition coefficient (Wildman–Crippen LogP) is 6.55. The summed E-state index contributed by atoms with van der Waals surface area (Å²) in [6.07, 6.45) is 0. The minimum Gasteiger partial charge on any atom is -0.411 e. The Morgan fingerprint density at radius 1 is 1.07 bits per heavy atom. The van der Waals surface area contributed by atoms with E-state index in [9.17, 15) is 4.79 Å². The van der Waals surface area contributed by atoms with E-state index in [0.717, 1.165) is 23.0 Å². The summed E-state index contributed by atoms with van der Waals surface area (Å²) in [4.78, 5) is 16.7. The lowest BCUT2D eigenvalue weighted by Gasteiger charge is -2.00. The van der Waals surface area contributed by atoms with Gasteiger partial charge in [-0.05, 0) is 30.3 Å². The van der Waals surface area contributed by atoms with Crippen LogP contribution in [0, 0.1) is 0 Å². The number of benzene rings is 2. The number of halogens is 3. The summed E-state index contributed by atoms with van der Waals surface area (Å²) < 4.78 is 5.57. The zero-order chi connectivity index (χ0) is 21.1. The van der Waals surface area contributed by atoms with Crippen LogP contribution >= 0.6 is 57.9 Å². The number of carbonyl (C=O) groups is 1. The van der Waals surface area contributed by atoms with Gasteiger partial charge in [0.25, 0.3) is 5.22 Å². The van der Waals surface area contributed by atoms with E-state index in [1.807, 2.05) is 17.5 Å². The van der Waals surface area contributed by atoms with Crippen molar-refractivity contribution in [2.75, 3.05) is 11.1 Å². The summed E-state index contributed by atoms with van der Waals surface area (Å²) in [6.45, 7) is 0. The lowest BCUT2D eigenvalue weighted by Crippen LogP contribution is -2.13. The zero-order valence-electron chi connectivity index (χ0n) is 14.9. The zero-order valence-corrected chi connectivity index (χ0v) is 18.8. The van der Waals surface area contributed by atoms with Crippen molar-refractivity contribution < 1.29 is 9.21 Å². The van der Waals surface area contributed by atoms with Crippen LogP contribution in [0.4, 0.5) is 5.13 Å². The van der Waals surface area contributed by atoms with Gasteiger partial charge in [0.05, 0.1) is 22.0 Å². The van der Waals surface area contributed by atoms with Gasteiger partial charge in [0.2, 0.25) is 11.8 Å². The normalized spacial score (nSPS) is 10.9. The first kappa shape index (κ1) is 21.1. The molecule has 0 aliphatic heterocycles. The highest BCUT2D eigenvalue weighted by Gasteiger charge is 2.15. The number of nitrogens with zero attached hydrogens (tertiary/aromatic N) is 3. The molecule has 0 bridgehead atoms. The van der Waals surface area contributed by atoms with Crippen molar-refractivity contribution in [3.63, 3.8) is 0 Å². The molecule has 4 aromatic rings. The fraction of sp³-hybridized carbons (Fsp3) is 0.0526. The van der Waals surface area contributed by atoms with E-state index in [1.165, 1.54) is 11.3 Å². The number of nitrogens with one attached hydrogen (secondary N) is 1. The van der Waals surface area contributed by atoms with Crippen molar-refractivity contribution in [2.24, 2.45) is 0 Å². The first-order valence-corrected chi connectivity index (χ1v) is 11.4. The highest BCUT2D eigenvalue weighted by molar-refractivity contribution is 7.99. The largest absolute Gasteiger partial charge is 0.411 e. The molecule has 0 atom stereocenters. The monoisotopic (exact) mass is 496 g/mol. The number of amides is 1. The van der Waals surface area contributed by atoms with Gasteiger partial charge in [0, 0.05) is 21.0 Å². The second kappa shape index (κ2) is 9.36. The molecule has 0 saturated heterocycles. The van der Waals surface area contributed by atoms with Gasteiger partial charge in [-0.25, -0.2) is 4.98 Å². The second-order valence-electron chi connectivity index (χ2n) is 5.88. The summed E-state index contributed by atoms with van der Waals surface area (Å²) in [5.74, 6) is 0.111. The van der Waals surface area contributed by atoms with Crippen molar-refractivity contribution in [3.8, 4) is 22.7 Å². The molecule has 6 nitrogen and oxygen atoms in total. The lowest BCUT2D eigenvalue weighted by atomic mass is 10.2. The number of aromatic nitrogens is 3. The Balaban J connectivity index is 1.34. The summed E-state index contributed by atoms with van der Waals surface area (Å²) >= 11 is 20.4. The van der Waals surface area contributed by atoms with Gasteiger partial charge in [0.15, 0.2) is 5.13 Å². The number of carbonyl (C=O) groups excluding carboxylic acids is 1. The number of hydrogen-bond donors (Lipinski definition) is 1. The minimum absolute atomic E-state index is 0.0891. The van der Waals surface area contributed by atoms with E-state index in [0.29, 0.717) is 25.8 Å². The molecule has 0 radical (unpaired) electrons.